The molecule has 0 fully saturated rings. The predicted octanol–water partition coefficient (Wildman–Crippen LogP) is 4.28. The van der Waals surface area contributed by atoms with E-state index in [1.807, 2.05) is 12.1 Å². The molecule has 7 nitrogen and oxygen atoms in total. The summed E-state index contributed by atoms with van der Waals surface area (Å²) in [5.41, 5.74) is 3.44. The molecule has 1 aliphatic heterocycles. The van der Waals surface area contributed by atoms with Crippen molar-refractivity contribution in [1.82, 2.24) is 5.32 Å². The lowest BCUT2D eigenvalue weighted by atomic mass is 9.67. The van der Waals surface area contributed by atoms with Crippen LogP contribution in [0.5, 0.6) is 5.75 Å². The van der Waals surface area contributed by atoms with Crippen LogP contribution in [0.4, 0.5) is 0 Å². The summed E-state index contributed by atoms with van der Waals surface area (Å²) in [4.78, 5) is 39.9. The summed E-state index contributed by atoms with van der Waals surface area (Å²) < 4.78 is 15.4. The molecule has 1 heterocycles. The lowest BCUT2D eigenvalue weighted by Crippen LogP contribution is -2.43. The molecule has 0 spiro atoms. The third-order valence-corrected chi connectivity index (χ3v) is 6.88. The average Bonchev–Trinajstić information content (AvgIpc) is 2.87. The Labute approximate surface area is 208 Å². The Morgan fingerprint density at radius 3 is 2.14 bits per heavy atom. The van der Waals surface area contributed by atoms with E-state index in [9.17, 15) is 14.4 Å². The molecule has 0 bridgehead atoms. The number of dihydropyridines is 1. The van der Waals surface area contributed by atoms with Gasteiger partial charge in [-0.25, -0.2) is 4.79 Å². The largest absolute Gasteiger partial charge is 0.497 e. The van der Waals surface area contributed by atoms with Gasteiger partial charge in [-0.3, -0.25) is 9.59 Å². The van der Waals surface area contributed by atoms with Crippen molar-refractivity contribution in [3.8, 4) is 5.75 Å². The first-order valence-electron chi connectivity index (χ1n) is 11.1. The highest BCUT2D eigenvalue weighted by molar-refractivity contribution is 6.30. The van der Waals surface area contributed by atoms with Gasteiger partial charge in [0.1, 0.15) is 11.7 Å². The zero-order valence-corrected chi connectivity index (χ0v) is 20.6. The number of Topliss-reactive ketones (excluding diaryl/α,β-unsaturated/α-hetero) is 1. The predicted molar refractivity (Wildman–Crippen MR) is 130 cm³/mol. The van der Waals surface area contributed by atoms with Gasteiger partial charge in [-0.2, -0.15) is 0 Å². The Balaban J connectivity index is 1.88. The van der Waals surface area contributed by atoms with Crippen LogP contribution in [0.25, 0.3) is 0 Å². The van der Waals surface area contributed by atoms with Gasteiger partial charge in [0, 0.05) is 33.8 Å². The standard InChI is InChI=1S/C27H26ClNO6/c1-14-21(26(31)34-3)22(16-5-9-17(28)10-6-16)24-20(29-14)13-19(23(25(24)30)27(32)35-4)15-7-11-18(33-2)12-8-15/h5-12,19,22-23,29H,13H2,1-4H3/t19-,22-,23+/m1/s1. The van der Waals surface area contributed by atoms with Crippen LogP contribution >= 0.6 is 11.6 Å². The molecule has 0 saturated carbocycles. The van der Waals surface area contributed by atoms with Gasteiger partial charge in [-0.05, 0) is 48.7 Å². The molecule has 0 radical (unpaired) electrons. The number of hydrogen-bond acceptors (Lipinski definition) is 7. The van der Waals surface area contributed by atoms with Crippen LogP contribution in [0.1, 0.15) is 36.3 Å². The van der Waals surface area contributed by atoms with E-state index in [0.29, 0.717) is 45.3 Å². The highest BCUT2D eigenvalue weighted by Crippen LogP contribution is 2.48. The molecule has 35 heavy (non-hydrogen) atoms. The second-order valence-corrected chi connectivity index (χ2v) is 8.92. The first kappa shape index (κ1) is 24.5. The topological polar surface area (TPSA) is 90.9 Å². The number of benzene rings is 2. The number of methoxy groups -OCH3 is 3. The van der Waals surface area contributed by atoms with E-state index < -0.39 is 29.7 Å². The Kier molecular flexibility index (Phi) is 6.98. The van der Waals surface area contributed by atoms with Crippen LogP contribution in [0.2, 0.25) is 5.02 Å². The number of hydrogen-bond donors (Lipinski definition) is 1. The monoisotopic (exact) mass is 495 g/mol. The number of ketones is 1. The highest BCUT2D eigenvalue weighted by atomic mass is 35.5. The molecule has 0 saturated heterocycles. The fourth-order valence-electron chi connectivity index (χ4n) is 4.97. The minimum absolute atomic E-state index is 0.313. The number of carbonyl (C=O) groups excluding carboxylic acids is 3. The van der Waals surface area contributed by atoms with Crippen LogP contribution < -0.4 is 10.1 Å². The first-order valence-corrected chi connectivity index (χ1v) is 11.5. The molecule has 1 aliphatic carbocycles. The summed E-state index contributed by atoms with van der Waals surface area (Å²) in [7, 11) is 4.14. The molecule has 182 valence electrons. The Bertz CT molecular complexity index is 1230. The normalized spacial score (nSPS) is 21.7. The molecular weight excluding hydrogens is 470 g/mol. The van der Waals surface area contributed by atoms with Crippen LogP contribution in [0.3, 0.4) is 0 Å². The van der Waals surface area contributed by atoms with Gasteiger partial charge < -0.3 is 19.5 Å². The fourth-order valence-corrected chi connectivity index (χ4v) is 5.09. The summed E-state index contributed by atoms with van der Waals surface area (Å²) in [6.45, 7) is 1.78. The van der Waals surface area contributed by atoms with Crippen LogP contribution in [-0.4, -0.2) is 39.1 Å². The number of rotatable bonds is 5. The first-order chi connectivity index (χ1) is 16.8. The summed E-state index contributed by atoms with van der Waals surface area (Å²) in [6, 6.07) is 14.2. The molecule has 4 rings (SSSR count). The van der Waals surface area contributed by atoms with E-state index in [1.54, 1.807) is 50.4 Å². The number of carbonyl (C=O) groups is 3. The average molecular weight is 496 g/mol. The van der Waals surface area contributed by atoms with Crippen molar-refractivity contribution >= 4 is 29.3 Å². The van der Waals surface area contributed by atoms with Crippen molar-refractivity contribution in [2.24, 2.45) is 5.92 Å². The molecule has 8 heteroatoms. The molecule has 0 unspecified atom stereocenters. The van der Waals surface area contributed by atoms with Gasteiger partial charge in [0.05, 0.1) is 26.9 Å². The maximum absolute atomic E-state index is 14.1. The van der Waals surface area contributed by atoms with Gasteiger partial charge in [0.25, 0.3) is 0 Å². The summed E-state index contributed by atoms with van der Waals surface area (Å²) >= 11 is 6.10. The Hall–Kier alpha value is -3.58. The quantitative estimate of drug-likeness (QED) is 0.489. The minimum Gasteiger partial charge on any atom is -0.497 e. The van der Waals surface area contributed by atoms with E-state index in [0.717, 1.165) is 5.56 Å². The number of ether oxygens (including phenoxy) is 3. The zero-order valence-electron chi connectivity index (χ0n) is 19.9. The van der Waals surface area contributed by atoms with Crippen molar-refractivity contribution in [3.05, 3.63) is 87.2 Å². The van der Waals surface area contributed by atoms with Crippen molar-refractivity contribution in [2.75, 3.05) is 21.3 Å². The number of allylic oxidation sites excluding steroid dienone is 3. The number of esters is 2. The Morgan fingerprint density at radius 2 is 1.57 bits per heavy atom. The third-order valence-electron chi connectivity index (χ3n) is 6.63. The lowest BCUT2D eigenvalue weighted by molar-refractivity contribution is -0.150. The van der Waals surface area contributed by atoms with E-state index in [2.05, 4.69) is 5.32 Å². The number of halogens is 1. The molecule has 0 aromatic heterocycles. The van der Waals surface area contributed by atoms with Gasteiger partial charge in [-0.1, -0.05) is 35.9 Å². The zero-order chi connectivity index (χ0) is 25.3. The Morgan fingerprint density at radius 1 is 0.943 bits per heavy atom. The maximum atomic E-state index is 14.1. The molecule has 1 N–H and O–H groups in total. The number of nitrogens with one attached hydrogen (secondary N) is 1. The van der Waals surface area contributed by atoms with E-state index in [-0.39, 0.29) is 5.78 Å². The van der Waals surface area contributed by atoms with Crippen molar-refractivity contribution < 1.29 is 28.6 Å². The van der Waals surface area contributed by atoms with Crippen LogP contribution in [0.15, 0.2) is 71.1 Å². The van der Waals surface area contributed by atoms with Crippen molar-refractivity contribution in [3.63, 3.8) is 0 Å². The molecule has 2 aromatic rings. The van der Waals surface area contributed by atoms with E-state index in [4.69, 9.17) is 25.8 Å². The van der Waals surface area contributed by atoms with Crippen LogP contribution in [0, 0.1) is 5.92 Å². The van der Waals surface area contributed by atoms with Gasteiger partial charge in [0.2, 0.25) is 0 Å². The summed E-state index contributed by atoms with van der Waals surface area (Å²) in [6.07, 6.45) is 0.378. The second kappa shape index (κ2) is 9.96. The molecule has 2 aromatic carbocycles. The lowest BCUT2D eigenvalue weighted by Gasteiger charge is -2.39. The molecule has 3 atom stereocenters. The second-order valence-electron chi connectivity index (χ2n) is 8.48. The van der Waals surface area contributed by atoms with Crippen molar-refractivity contribution in [1.29, 1.82) is 0 Å². The van der Waals surface area contributed by atoms with E-state index >= 15 is 0 Å². The summed E-state index contributed by atoms with van der Waals surface area (Å²) in [5.74, 6) is -3.13. The van der Waals surface area contributed by atoms with E-state index in [1.165, 1.54) is 14.2 Å². The highest BCUT2D eigenvalue weighted by Gasteiger charge is 2.48. The van der Waals surface area contributed by atoms with Gasteiger partial charge >= 0.3 is 11.9 Å². The van der Waals surface area contributed by atoms with Gasteiger partial charge in [-0.15, -0.1) is 0 Å². The van der Waals surface area contributed by atoms with Crippen LogP contribution in [-0.2, 0) is 23.9 Å². The molecule has 0 amide bonds. The fraction of sp³-hybridized carbons (Fsp3) is 0.296. The smallest absolute Gasteiger partial charge is 0.336 e. The SMILES string of the molecule is COC(=O)C1=C(C)NC2=C(C(=O)[C@@H](C(=O)OC)[C@@H](c3ccc(OC)cc3)C2)[C@@H]1c1ccc(Cl)cc1. The minimum atomic E-state index is -1.07. The molecule has 2 aliphatic rings. The summed E-state index contributed by atoms with van der Waals surface area (Å²) in [5, 5.41) is 3.79. The third kappa shape index (κ3) is 4.44. The van der Waals surface area contributed by atoms with Crippen molar-refractivity contribution in [2.45, 2.75) is 25.2 Å². The van der Waals surface area contributed by atoms with Gasteiger partial charge in [0.15, 0.2) is 5.78 Å². The molecular formula is C27H26ClNO6. The maximum Gasteiger partial charge on any atom is 0.336 e.